The molecular formula is C20H23N3O3S. The summed E-state index contributed by atoms with van der Waals surface area (Å²) >= 11 is 0. The van der Waals surface area contributed by atoms with E-state index in [-0.39, 0.29) is 17.8 Å². The molecule has 0 unspecified atom stereocenters. The van der Waals surface area contributed by atoms with Gasteiger partial charge in [0.25, 0.3) is 0 Å². The highest BCUT2D eigenvalue weighted by Gasteiger charge is 2.39. The molecule has 4 rings (SSSR count). The molecule has 0 spiro atoms. The van der Waals surface area contributed by atoms with E-state index in [2.05, 4.69) is 9.88 Å². The van der Waals surface area contributed by atoms with E-state index in [9.17, 15) is 13.5 Å². The Morgan fingerprint density at radius 1 is 1.15 bits per heavy atom. The quantitative estimate of drug-likeness (QED) is 0.723. The lowest BCUT2D eigenvalue weighted by Crippen LogP contribution is -2.37. The number of phenolic OH excluding ortho intramolecular Hbond substituents is 1. The molecule has 0 radical (unpaired) electrons. The van der Waals surface area contributed by atoms with Crippen molar-refractivity contribution in [1.82, 2.24) is 9.29 Å². The van der Waals surface area contributed by atoms with Crippen molar-refractivity contribution in [2.75, 3.05) is 18.5 Å². The number of sulfonamides is 1. The summed E-state index contributed by atoms with van der Waals surface area (Å²) < 4.78 is 28.0. The number of hydrogen-bond acceptors (Lipinski definition) is 4. The molecule has 0 bridgehead atoms. The molecule has 1 fully saturated rings. The molecule has 2 aromatic carbocycles. The molecule has 1 saturated heterocycles. The molecule has 1 aliphatic rings. The monoisotopic (exact) mass is 385 g/mol. The van der Waals surface area contributed by atoms with E-state index >= 15 is 0 Å². The average molecular weight is 385 g/mol. The fourth-order valence-corrected chi connectivity index (χ4v) is 5.52. The summed E-state index contributed by atoms with van der Waals surface area (Å²) in [7, 11) is -1.60. The Labute approximate surface area is 159 Å². The zero-order valence-corrected chi connectivity index (χ0v) is 16.1. The highest BCUT2D eigenvalue weighted by molar-refractivity contribution is 7.89. The minimum atomic E-state index is -3.57. The van der Waals surface area contributed by atoms with Crippen LogP contribution in [0.1, 0.15) is 13.3 Å². The fraction of sp³-hybridized carbons (Fsp3) is 0.300. The molecule has 2 heterocycles. The topological polar surface area (TPSA) is 76.6 Å². The number of nitrogens with one attached hydrogen (secondary N) is 1. The number of anilines is 1. The molecule has 6 nitrogen and oxygen atoms in total. The lowest BCUT2D eigenvalue weighted by Gasteiger charge is -2.27. The van der Waals surface area contributed by atoms with Gasteiger partial charge in [0, 0.05) is 43.1 Å². The first-order chi connectivity index (χ1) is 12.9. The van der Waals surface area contributed by atoms with E-state index in [1.807, 2.05) is 44.4 Å². The van der Waals surface area contributed by atoms with E-state index in [4.69, 9.17) is 0 Å². The maximum Gasteiger partial charge on any atom is 0.243 e. The summed E-state index contributed by atoms with van der Waals surface area (Å²) in [6, 6.07) is 14.1. The summed E-state index contributed by atoms with van der Waals surface area (Å²) in [4.78, 5) is 5.48. The first-order valence-electron chi connectivity index (χ1n) is 8.97. The van der Waals surface area contributed by atoms with Gasteiger partial charge < -0.3 is 15.0 Å². The number of H-pyrrole nitrogens is 1. The van der Waals surface area contributed by atoms with Crippen LogP contribution in [0.3, 0.4) is 0 Å². The number of rotatable bonds is 4. The number of aromatic amines is 1. The van der Waals surface area contributed by atoms with Gasteiger partial charge in [-0.15, -0.1) is 0 Å². The number of aromatic hydroxyl groups is 1. The molecule has 0 saturated carbocycles. The van der Waals surface area contributed by atoms with Crippen molar-refractivity contribution >= 4 is 26.6 Å². The molecule has 0 aliphatic carbocycles. The summed E-state index contributed by atoms with van der Waals surface area (Å²) in [5.41, 5.74) is 1.78. The van der Waals surface area contributed by atoms with Gasteiger partial charge in [-0.1, -0.05) is 6.07 Å². The zero-order chi connectivity index (χ0) is 19.2. The second-order valence-electron chi connectivity index (χ2n) is 7.17. The standard InChI is InChI=1S/C20H23N3O3S/c1-14-11-17(22(2)16-4-6-18(24)7-5-16)13-23(14)27(25,26)19-8-3-15-9-10-21-20(15)12-19/h3-10,12,14,17,21,24H,11,13H2,1-2H3/t14-,17-/m0/s1. The molecular weight excluding hydrogens is 362 g/mol. The van der Waals surface area contributed by atoms with Crippen molar-refractivity contribution in [1.29, 1.82) is 0 Å². The van der Waals surface area contributed by atoms with Crippen LogP contribution in [-0.2, 0) is 10.0 Å². The predicted octanol–water partition coefficient (Wildman–Crippen LogP) is 3.16. The lowest BCUT2D eigenvalue weighted by atomic mass is 10.1. The van der Waals surface area contributed by atoms with E-state index in [1.165, 1.54) is 0 Å². The van der Waals surface area contributed by atoms with Crippen molar-refractivity contribution in [3.05, 3.63) is 54.7 Å². The number of fused-ring (bicyclic) bond motifs is 1. The van der Waals surface area contributed by atoms with Gasteiger partial charge in [-0.3, -0.25) is 0 Å². The van der Waals surface area contributed by atoms with E-state index in [1.54, 1.807) is 28.6 Å². The number of nitrogens with zero attached hydrogens (tertiary/aromatic N) is 2. The Hall–Kier alpha value is -2.51. The number of aromatic nitrogens is 1. The average Bonchev–Trinajstić information content (AvgIpc) is 3.27. The van der Waals surface area contributed by atoms with Gasteiger partial charge in [0.05, 0.1) is 4.90 Å². The van der Waals surface area contributed by atoms with Crippen LogP contribution in [0.25, 0.3) is 10.9 Å². The molecule has 142 valence electrons. The van der Waals surface area contributed by atoms with Crippen molar-refractivity contribution in [2.24, 2.45) is 0 Å². The van der Waals surface area contributed by atoms with Gasteiger partial charge in [-0.25, -0.2) is 8.42 Å². The Morgan fingerprint density at radius 3 is 2.63 bits per heavy atom. The van der Waals surface area contributed by atoms with Crippen LogP contribution in [0.4, 0.5) is 5.69 Å². The third kappa shape index (κ3) is 3.17. The minimum absolute atomic E-state index is 0.0773. The third-order valence-electron chi connectivity index (χ3n) is 5.43. The number of benzene rings is 2. The lowest BCUT2D eigenvalue weighted by molar-refractivity contribution is 0.407. The zero-order valence-electron chi connectivity index (χ0n) is 15.3. The molecule has 27 heavy (non-hydrogen) atoms. The second kappa shape index (κ2) is 6.58. The van der Waals surface area contributed by atoms with Crippen LogP contribution in [-0.4, -0.2) is 48.5 Å². The Kier molecular flexibility index (Phi) is 4.36. The Balaban J connectivity index is 1.59. The molecule has 1 aliphatic heterocycles. The van der Waals surface area contributed by atoms with Crippen LogP contribution >= 0.6 is 0 Å². The maximum absolute atomic E-state index is 13.2. The molecule has 2 N–H and O–H groups in total. The van der Waals surface area contributed by atoms with E-state index < -0.39 is 10.0 Å². The molecule has 2 atom stereocenters. The highest BCUT2D eigenvalue weighted by Crippen LogP contribution is 2.31. The summed E-state index contributed by atoms with van der Waals surface area (Å²) in [5, 5.41) is 10.5. The van der Waals surface area contributed by atoms with Crippen LogP contribution in [0.5, 0.6) is 5.75 Å². The smallest absolute Gasteiger partial charge is 0.243 e. The summed E-state index contributed by atoms with van der Waals surface area (Å²) in [6.07, 6.45) is 2.56. The maximum atomic E-state index is 13.2. The highest BCUT2D eigenvalue weighted by atomic mass is 32.2. The number of phenols is 1. The number of likely N-dealkylation sites (N-methyl/N-ethyl adjacent to an activating group) is 1. The molecule has 7 heteroatoms. The van der Waals surface area contributed by atoms with Crippen LogP contribution in [0.2, 0.25) is 0 Å². The van der Waals surface area contributed by atoms with Crippen LogP contribution in [0, 0.1) is 0 Å². The third-order valence-corrected chi connectivity index (χ3v) is 7.41. The van der Waals surface area contributed by atoms with Crippen LogP contribution in [0.15, 0.2) is 59.6 Å². The normalized spacial score (nSPS) is 21.0. The van der Waals surface area contributed by atoms with Gasteiger partial charge in [0.15, 0.2) is 0 Å². The van der Waals surface area contributed by atoms with Gasteiger partial charge in [0.1, 0.15) is 5.75 Å². The molecule has 1 aromatic heterocycles. The first kappa shape index (κ1) is 17.9. The van der Waals surface area contributed by atoms with Crippen molar-refractivity contribution in [3.8, 4) is 5.75 Å². The SMILES string of the molecule is C[C@H]1C[C@H](N(C)c2ccc(O)cc2)CN1S(=O)(=O)c1ccc2cc[nH]c2c1. The molecule has 3 aromatic rings. The summed E-state index contributed by atoms with van der Waals surface area (Å²) in [6.45, 7) is 2.39. The predicted molar refractivity (Wildman–Crippen MR) is 107 cm³/mol. The first-order valence-corrected chi connectivity index (χ1v) is 10.4. The van der Waals surface area contributed by atoms with Crippen molar-refractivity contribution in [3.63, 3.8) is 0 Å². The van der Waals surface area contributed by atoms with Crippen molar-refractivity contribution < 1.29 is 13.5 Å². The fourth-order valence-electron chi connectivity index (χ4n) is 3.81. The second-order valence-corrected chi connectivity index (χ2v) is 9.06. The van der Waals surface area contributed by atoms with Crippen LogP contribution < -0.4 is 4.90 Å². The Bertz CT molecular complexity index is 1060. The molecule has 0 amide bonds. The largest absolute Gasteiger partial charge is 0.508 e. The van der Waals surface area contributed by atoms with Gasteiger partial charge in [0.2, 0.25) is 10.0 Å². The van der Waals surface area contributed by atoms with Gasteiger partial charge >= 0.3 is 0 Å². The number of hydrogen-bond donors (Lipinski definition) is 2. The van der Waals surface area contributed by atoms with Gasteiger partial charge in [-0.2, -0.15) is 4.31 Å². The Morgan fingerprint density at radius 2 is 1.89 bits per heavy atom. The minimum Gasteiger partial charge on any atom is -0.508 e. The van der Waals surface area contributed by atoms with E-state index in [0.717, 1.165) is 23.0 Å². The van der Waals surface area contributed by atoms with Gasteiger partial charge in [-0.05, 0) is 61.2 Å². The summed E-state index contributed by atoms with van der Waals surface area (Å²) in [5.74, 6) is 0.218. The van der Waals surface area contributed by atoms with Crippen molar-refractivity contribution in [2.45, 2.75) is 30.3 Å². The van der Waals surface area contributed by atoms with E-state index in [0.29, 0.717) is 11.4 Å².